The van der Waals surface area contributed by atoms with E-state index in [1.807, 2.05) is 0 Å². The Morgan fingerprint density at radius 3 is 2.42 bits per heavy atom. The minimum absolute atomic E-state index is 0.933. The van der Waals surface area contributed by atoms with Crippen LogP contribution in [0.5, 0.6) is 0 Å². The first-order valence-corrected chi connectivity index (χ1v) is 6.70. The lowest BCUT2D eigenvalue weighted by Crippen LogP contribution is -1.92. The summed E-state index contributed by atoms with van der Waals surface area (Å²) in [5, 5.41) is 1.95. The van der Waals surface area contributed by atoms with Crippen molar-refractivity contribution in [3.05, 3.63) is 33.8 Å². The fourth-order valence-corrected chi connectivity index (χ4v) is 2.44. The van der Waals surface area contributed by atoms with Gasteiger partial charge in [-0.3, -0.25) is 0 Å². The van der Waals surface area contributed by atoms with Crippen molar-refractivity contribution >= 4 is 47.8 Å². The molecule has 0 aliphatic rings. The Morgan fingerprint density at radius 1 is 1.08 bits per heavy atom. The van der Waals surface area contributed by atoms with Crippen LogP contribution in [0.2, 0.25) is 0 Å². The van der Waals surface area contributed by atoms with Gasteiger partial charge >= 0.3 is 0 Å². The third-order valence-electron chi connectivity index (χ3n) is 1.68. The van der Waals surface area contributed by atoms with E-state index in [2.05, 4.69) is 66.0 Å². The highest BCUT2D eigenvalue weighted by molar-refractivity contribution is 9.10. The van der Waals surface area contributed by atoms with E-state index in [1.54, 1.807) is 0 Å². The van der Waals surface area contributed by atoms with Gasteiger partial charge in [0.25, 0.3) is 0 Å². The average Bonchev–Trinajstić information content (AvgIpc) is 2.05. The molecule has 0 amide bonds. The molecule has 0 N–H and O–H groups in total. The van der Waals surface area contributed by atoms with Crippen molar-refractivity contribution in [1.29, 1.82) is 0 Å². The molecular weight excluding hydrogens is 348 g/mol. The maximum atomic E-state index is 3.47. The summed E-state index contributed by atoms with van der Waals surface area (Å²) < 4.78 is 1.16. The fraction of sp³-hybridized carbons (Fsp3) is 0.333. The van der Waals surface area contributed by atoms with Crippen molar-refractivity contribution in [3.8, 4) is 0 Å². The maximum absolute atomic E-state index is 3.47. The van der Waals surface area contributed by atoms with Gasteiger partial charge in [-0.2, -0.15) is 0 Å². The number of benzene rings is 1. The predicted molar refractivity (Wildman–Crippen MR) is 64.3 cm³/mol. The van der Waals surface area contributed by atoms with Crippen LogP contribution in [0.25, 0.3) is 0 Å². The van der Waals surface area contributed by atoms with E-state index >= 15 is 0 Å². The maximum Gasteiger partial charge on any atom is 0.0285 e. The normalized spacial score (nSPS) is 10.2. The van der Waals surface area contributed by atoms with Crippen LogP contribution >= 0.6 is 47.8 Å². The van der Waals surface area contributed by atoms with Gasteiger partial charge in [-0.15, -0.1) is 0 Å². The van der Waals surface area contributed by atoms with Gasteiger partial charge in [-0.25, -0.2) is 0 Å². The van der Waals surface area contributed by atoms with E-state index < -0.39 is 0 Å². The summed E-state index contributed by atoms with van der Waals surface area (Å²) in [5.74, 6) is 0. The summed E-state index contributed by atoms with van der Waals surface area (Å²) in [4.78, 5) is 0. The van der Waals surface area contributed by atoms with E-state index in [1.165, 1.54) is 11.1 Å². The number of alkyl halides is 2. The second kappa shape index (κ2) is 5.40. The third kappa shape index (κ3) is 2.86. The van der Waals surface area contributed by atoms with Gasteiger partial charge in [0.2, 0.25) is 0 Å². The van der Waals surface area contributed by atoms with Crippen LogP contribution in [0.4, 0.5) is 0 Å². The van der Waals surface area contributed by atoms with E-state index in [0.29, 0.717) is 0 Å². The number of hydrogen-bond donors (Lipinski definition) is 0. The van der Waals surface area contributed by atoms with Crippen molar-refractivity contribution in [1.82, 2.24) is 0 Å². The molecule has 1 aromatic rings. The Kier molecular flexibility index (Phi) is 4.84. The van der Waals surface area contributed by atoms with Crippen molar-refractivity contribution in [2.75, 3.05) is 5.33 Å². The Labute approximate surface area is 98.1 Å². The molecule has 0 radical (unpaired) electrons. The van der Waals surface area contributed by atoms with Crippen molar-refractivity contribution in [3.63, 3.8) is 0 Å². The molecule has 0 saturated carbocycles. The minimum Gasteiger partial charge on any atom is -0.0924 e. The molecule has 0 aliphatic heterocycles. The van der Waals surface area contributed by atoms with Crippen molar-refractivity contribution in [2.24, 2.45) is 0 Å². The van der Waals surface area contributed by atoms with Gasteiger partial charge in [-0.05, 0) is 29.7 Å². The zero-order valence-electron chi connectivity index (χ0n) is 6.49. The molecule has 0 bridgehead atoms. The van der Waals surface area contributed by atoms with Crippen LogP contribution in [-0.4, -0.2) is 5.33 Å². The molecule has 0 aliphatic carbocycles. The first-order chi connectivity index (χ1) is 5.77. The molecule has 0 fully saturated rings. The second-order valence-electron chi connectivity index (χ2n) is 2.49. The van der Waals surface area contributed by atoms with Crippen LogP contribution in [0.15, 0.2) is 22.7 Å². The summed E-state index contributed by atoms with van der Waals surface area (Å²) >= 11 is 10.4. The summed E-state index contributed by atoms with van der Waals surface area (Å²) in [7, 11) is 0. The molecule has 0 unspecified atom stereocenters. The van der Waals surface area contributed by atoms with Gasteiger partial charge in [0.15, 0.2) is 0 Å². The molecule has 0 atom stereocenters. The van der Waals surface area contributed by atoms with Crippen LogP contribution in [-0.2, 0) is 11.8 Å². The smallest absolute Gasteiger partial charge is 0.0285 e. The first kappa shape index (κ1) is 10.7. The number of rotatable bonds is 3. The Morgan fingerprint density at radius 2 is 1.83 bits per heavy atom. The van der Waals surface area contributed by atoms with Crippen LogP contribution in [0, 0.1) is 0 Å². The highest BCUT2D eigenvalue weighted by atomic mass is 79.9. The van der Waals surface area contributed by atoms with Gasteiger partial charge in [0.05, 0.1) is 0 Å². The van der Waals surface area contributed by atoms with E-state index in [0.717, 1.165) is 21.6 Å². The lowest BCUT2D eigenvalue weighted by atomic mass is 10.1. The molecule has 0 aromatic heterocycles. The van der Waals surface area contributed by atoms with Crippen LogP contribution in [0.3, 0.4) is 0 Å². The molecule has 0 heterocycles. The molecule has 3 heteroatoms. The Bertz CT molecular complexity index is 258. The quantitative estimate of drug-likeness (QED) is 0.709. The second-order valence-corrected chi connectivity index (χ2v) is 4.76. The molecule has 0 nitrogen and oxygen atoms in total. The highest BCUT2D eigenvalue weighted by Gasteiger charge is 2.00. The Hall–Kier alpha value is 0.660. The summed E-state index contributed by atoms with van der Waals surface area (Å²) in [5.41, 5.74) is 2.77. The van der Waals surface area contributed by atoms with Gasteiger partial charge in [0.1, 0.15) is 0 Å². The van der Waals surface area contributed by atoms with Gasteiger partial charge in [0, 0.05) is 15.1 Å². The Balaban J connectivity index is 2.95. The average molecular weight is 357 g/mol. The minimum atomic E-state index is 0.933. The van der Waals surface area contributed by atoms with Gasteiger partial charge < -0.3 is 0 Å². The number of hydrogen-bond acceptors (Lipinski definition) is 0. The lowest BCUT2D eigenvalue weighted by molar-refractivity contribution is 1.12. The summed E-state index contributed by atoms with van der Waals surface area (Å²) in [6, 6.07) is 6.41. The molecule has 0 saturated heterocycles. The lowest BCUT2D eigenvalue weighted by Gasteiger charge is -2.05. The van der Waals surface area contributed by atoms with E-state index in [9.17, 15) is 0 Å². The molecule has 12 heavy (non-hydrogen) atoms. The molecular formula is C9H9Br3. The monoisotopic (exact) mass is 354 g/mol. The SMILES string of the molecule is BrCCc1cc(Br)ccc1CBr. The summed E-state index contributed by atoms with van der Waals surface area (Å²) in [6.07, 6.45) is 1.08. The zero-order chi connectivity index (χ0) is 8.97. The largest absolute Gasteiger partial charge is 0.0924 e. The summed E-state index contributed by atoms with van der Waals surface area (Å²) in [6.45, 7) is 0. The fourth-order valence-electron chi connectivity index (χ4n) is 1.06. The molecule has 0 spiro atoms. The predicted octanol–water partition coefficient (Wildman–Crippen LogP) is 4.28. The van der Waals surface area contributed by atoms with Crippen LogP contribution in [0.1, 0.15) is 11.1 Å². The highest BCUT2D eigenvalue weighted by Crippen LogP contribution is 2.19. The van der Waals surface area contributed by atoms with Gasteiger partial charge in [-0.1, -0.05) is 53.9 Å². The van der Waals surface area contributed by atoms with Crippen molar-refractivity contribution < 1.29 is 0 Å². The number of halogens is 3. The first-order valence-electron chi connectivity index (χ1n) is 3.67. The third-order valence-corrected chi connectivity index (χ3v) is 3.17. The van der Waals surface area contributed by atoms with E-state index in [4.69, 9.17) is 0 Å². The molecule has 1 aromatic carbocycles. The number of aryl methyl sites for hydroxylation is 1. The topological polar surface area (TPSA) is 0 Å². The van der Waals surface area contributed by atoms with Crippen molar-refractivity contribution in [2.45, 2.75) is 11.8 Å². The molecule has 1 rings (SSSR count). The van der Waals surface area contributed by atoms with Crippen LogP contribution < -0.4 is 0 Å². The molecule has 66 valence electrons. The zero-order valence-corrected chi connectivity index (χ0v) is 11.2. The van der Waals surface area contributed by atoms with E-state index in [-0.39, 0.29) is 0 Å². The standard InChI is InChI=1S/C9H9Br3/c10-4-3-7-5-9(12)2-1-8(7)6-11/h1-2,5H,3-4,6H2.